The van der Waals surface area contributed by atoms with Gasteiger partial charge in [-0.15, -0.1) is 0 Å². The van der Waals surface area contributed by atoms with Crippen molar-refractivity contribution in [2.75, 3.05) is 0 Å². The number of aliphatic hydroxyl groups is 5. The van der Waals surface area contributed by atoms with Crippen molar-refractivity contribution in [3.63, 3.8) is 0 Å². The van der Waals surface area contributed by atoms with Crippen molar-refractivity contribution in [3.8, 4) is 0 Å². The van der Waals surface area contributed by atoms with Crippen LogP contribution in [0.2, 0.25) is 0 Å². The van der Waals surface area contributed by atoms with E-state index >= 15 is 0 Å². The molecule has 0 aromatic rings. The average molecular weight is 286 g/mol. The Balaban J connectivity index is 2.90. The molecule has 0 aromatic heterocycles. The summed E-state index contributed by atoms with van der Waals surface area (Å²) < 4.78 is 16.4. The Bertz CT molecular complexity index is 319. The molecular formula is C9H19O8P. The van der Waals surface area contributed by atoms with Gasteiger partial charge >= 0.3 is 7.60 Å². The molecule has 0 spiro atoms. The zero-order chi connectivity index (χ0) is 14.2. The topological polar surface area (TPSA) is 148 Å². The highest BCUT2D eigenvalue weighted by atomic mass is 31.2. The molecule has 6 N–H and O–H groups in total. The summed E-state index contributed by atoms with van der Waals surface area (Å²) in [5.74, 6) is 0. The van der Waals surface area contributed by atoms with E-state index in [1.807, 2.05) is 0 Å². The lowest BCUT2D eigenvalue weighted by Crippen LogP contribution is -2.64. The highest BCUT2D eigenvalue weighted by Crippen LogP contribution is 2.49. The molecule has 9 heteroatoms. The van der Waals surface area contributed by atoms with E-state index in [4.69, 9.17) is 4.52 Å². The average Bonchev–Trinajstić information content (AvgIpc) is 2.29. The molecule has 0 bridgehead atoms. The molecule has 1 fully saturated rings. The van der Waals surface area contributed by atoms with Crippen molar-refractivity contribution in [1.29, 1.82) is 0 Å². The third-order valence-corrected chi connectivity index (χ3v) is 4.85. The largest absolute Gasteiger partial charge is 0.387 e. The summed E-state index contributed by atoms with van der Waals surface area (Å²) in [6, 6.07) is 0. The van der Waals surface area contributed by atoms with E-state index in [0.29, 0.717) is 0 Å². The number of rotatable bonds is 3. The van der Waals surface area contributed by atoms with Crippen LogP contribution in [-0.4, -0.2) is 72.7 Å². The minimum absolute atomic E-state index is 0.780. The van der Waals surface area contributed by atoms with Crippen molar-refractivity contribution in [1.82, 2.24) is 0 Å². The zero-order valence-electron chi connectivity index (χ0n) is 9.99. The van der Waals surface area contributed by atoms with Gasteiger partial charge in [-0.25, -0.2) is 0 Å². The van der Waals surface area contributed by atoms with Gasteiger partial charge in [0.25, 0.3) is 0 Å². The molecule has 8 nitrogen and oxygen atoms in total. The lowest BCUT2D eigenvalue weighted by molar-refractivity contribution is -0.218. The van der Waals surface area contributed by atoms with Crippen LogP contribution in [0.1, 0.15) is 13.8 Å². The van der Waals surface area contributed by atoms with Crippen LogP contribution in [-0.2, 0) is 9.09 Å². The van der Waals surface area contributed by atoms with Crippen LogP contribution in [0.15, 0.2) is 0 Å². The number of hydrogen-bond acceptors (Lipinski definition) is 7. The van der Waals surface area contributed by atoms with Crippen molar-refractivity contribution >= 4 is 7.60 Å². The first-order valence-electron chi connectivity index (χ1n) is 5.50. The van der Waals surface area contributed by atoms with Gasteiger partial charge < -0.3 is 30.4 Å². The molecule has 0 saturated heterocycles. The second kappa shape index (κ2) is 5.52. The Morgan fingerprint density at radius 1 is 0.889 bits per heavy atom. The molecule has 0 radical (unpaired) electrons. The van der Waals surface area contributed by atoms with E-state index in [-0.39, 0.29) is 0 Å². The molecule has 0 amide bonds. The SMILES string of the molecule is CC(C)P(=O)(O)OC1C(O)C(O)C(O)C(O)C1O. The molecule has 5 unspecified atom stereocenters. The number of hydrogen-bond donors (Lipinski definition) is 6. The minimum atomic E-state index is -4.10. The standard InChI is InChI=1S/C9H19O8P/c1-3(2)18(15,16)17-9-7(13)5(11)4(10)6(12)8(9)14/h3-14H,1-2H3,(H,15,16). The van der Waals surface area contributed by atoms with E-state index in [1.54, 1.807) is 0 Å². The molecule has 1 rings (SSSR count). The summed E-state index contributed by atoms with van der Waals surface area (Å²) in [6.07, 6.45) is -10.5. The fraction of sp³-hybridized carbons (Fsp3) is 1.00. The van der Waals surface area contributed by atoms with Gasteiger partial charge in [0.2, 0.25) is 0 Å². The predicted molar refractivity (Wildman–Crippen MR) is 59.9 cm³/mol. The maximum atomic E-state index is 11.7. The van der Waals surface area contributed by atoms with E-state index < -0.39 is 49.9 Å². The summed E-state index contributed by atoms with van der Waals surface area (Å²) in [7, 11) is -4.10. The van der Waals surface area contributed by atoms with E-state index in [0.717, 1.165) is 0 Å². The Morgan fingerprint density at radius 3 is 1.56 bits per heavy atom. The zero-order valence-corrected chi connectivity index (χ0v) is 10.9. The highest BCUT2D eigenvalue weighted by Gasteiger charge is 2.51. The quantitative estimate of drug-likeness (QED) is 0.320. The Kier molecular flexibility index (Phi) is 4.91. The number of aliphatic hydroxyl groups excluding tert-OH is 5. The van der Waals surface area contributed by atoms with Crippen molar-refractivity contribution < 1.29 is 39.5 Å². The molecule has 0 aromatic carbocycles. The Labute approximate surface area is 104 Å². The van der Waals surface area contributed by atoms with Crippen molar-refractivity contribution in [2.24, 2.45) is 0 Å². The second-order valence-corrected chi connectivity index (χ2v) is 7.05. The monoisotopic (exact) mass is 286 g/mol. The van der Waals surface area contributed by atoms with Gasteiger partial charge in [0.15, 0.2) is 0 Å². The van der Waals surface area contributed by atoms with Crippen LogP contribution in [0.25, 0.3) is 0 Å². The summed E-state index contributed by atoms with van der Waals surface area (Å²) in [6.45, 7) is 2.81. The normalized spacial score (nSPS) is 44.9. The van der Waals surface area contributed by atoms with Crippen molar-refractivity contribution in [2.45, 2.75) is 56.1 Å². The van der Waals surface area contributed by atoms with Crippen LogP contribution in [0.4, 0.5) is 0 Å². The fourth-order valence-electron chi connectivity index (χ4n) is 1.62. The molecule has 0 aliphatic heterocycles. The second-order valence-electron chi connectivity index (χ2n) is 4.68. The van der Waals surface area contributed by atoms with E-state index in [9.17, 15) is 35.0 Å². The highest BCUT2D eigenvalue weighted by molar-refractivity contribution is 7.53. The molecule has 1 aliphatic carbocycles. The molecule has 108 valence electrons. The fourth-order valence-corrected chi connectivity index (χ4v) is 2.46. The Hall–Kier alpha value is -0.0500. The van der Waals surface area contributed by atoms with Crippen LogP contribution < -0.4 is 0 Å². The first-order chi connectivity index (χ1) is 8.09. The minimum Gasteiger partial charge on any atom is -0.387 e. The third-order valence-electron chi connectivity index (χ3n) is 3.00. The first-order valence-corrected chi connectivity index (χ1v) is 7.15. The lowest BCUT2D eigenvalue weighted by atomic mass is 9.85. The first kappa shape index (κ1) is 16.0. The van der Waals surface area contributed by atoms with Gasteiger partial charge in [0, 0.05) is 0 Å². The third kappa shape index (κ3) is 2.92. The smallest absolute Gasteiger partial charge is 0.331 e. The maximum Gasteiger partial charge on any atom is 0.331 e. The maximum absolute atomic E-state index is 11.7. The molecule has 5 atom stereocenters. The molecule has 0 heterocycles. The lowest BCUT2D eigenvalue weighted by Gasteiger charge is -2.42. The van der Waals surface area contributed by atoms with E-state index in [1.165, 1.54) is 13.8 Å². The van der Waals surface area contributed by atoms with Gasteiger partial charge in [0.05, 0.1) is 5.66 Å². The summed E-state index contributed by atoms with van der Waals surface area (Å²) in [5.41, 5.74) is -0.780. The van der Waals surface area contributed by atoms with Gasteiger partial charge in [0.1, 0.15) is 36.6 Å². The Morgan fingerprint density at radius 2 is 1.22 bits per heavy atom. The van der Waals surface area contributed by atoms with Gasteiger partial charge in [-0.3, -0.25) is 9.09 Å². The molecular weight excluding hydrogens is 267 g/mol. The summed E-state index contributed by atoms with van der Waals surface area (Å²) in [4.78, 5) is 9.50. The molecule has 1 aliphatic rings. The van der Waals surface area contributed by atoms with Crippen LogP contribution in [0.5, 0.6) is 0 Å². The van der Waals surface area contributed by atoms with Crippen LogP contribution in [0.3, 0.4) is 0 Å². The van der Waals surface area contributed by atoms with Gasteiger partial charge in [-0.05, 0) is 0 Å². The van der Waals surface area contributed by atoms with Crippen LogP contribution >= 0.6 is 7.60 Å². The van der Waals surface area contributed by atoms with E-state index in [2.05, 4.69) is 0 Å². The summed E-state index contributed by atoms with van der Waals surface area (Å²) in [5, 5.41) is 47.3. The predicted octanol–water partition coefficient (Wildman–Crippen LogP) is -2.22. The molecule has 1 saturated carbocycles. The van der Waals surface area contributed by atoms with Crippen LogP contribution in [0, 0.1) is 0 Å². The molecule has 18 heavy (non-hydrogen) atoms. The van der Waals surface area contributed by atoms with Crippen molar-refractivity contribution in [3.05, 3.63) is 0 Å². The summed E-state index contributed by atoms with van der Waals surface area (Å²) >= 11 is 0. The van der Waals surface area contributed by atoms with Gasteiger partial charge in [-0.2, -0.15) is 0 Å². The van der Waals surface area contributed by atoms with Gasteiger partial charge in [-0.1, -0.05) is 13.8 Å².